The lowest BCUT2D eigenvalue weighted by molar-refractivity contribution is 0.0633. The second-order valence-corrected chi connectivity index (χ2v) is 5.95. The zero-order valence-electron chi connectivity index (χ0n) is 13.8. The molecule has 1 aromatic carbocycles. The van der Waals surface area contributed by atoms with E-state index in [0.29, 0.717) is 5.69 Å². The maximum absolute atomic E-state index is 12.4. The Hall–Kier alpha value is -2.46. The van der Waals surface area contributed by atoms with Crippen molar-refractivity contribution in [2.24, 2.45) is 0 Å². The molecule has 0 saturated carbocycles. The Kier molecular flexibility index (Phi) is 5.75. The summed E-state index contributed by atoms with van der Waals surface area (Å²) in [6, 6.07) is 15.8. The molecule has 1 aliphatic rings. The summed E-state index contributed by atoms with van der Waals surface area (Å²) in [5.74, 6) is 0.0409. The van der Waals surface area contributed by atoms with Gasteiger partial charge in [-0.25, -0.2) is 0 Å². The zero-order chi connectivity index (χ0) is 16.6. The first-order chi connectivity index (χ1) is 11.8. The van der Waals surface area contributed by atoms with E-state index < -0.39 is 0 Å². The normalized spacial score (nSPS) is 15.8. The minimum atomic E-state index is 0.0409. The highest BCUT2D eigenvalue weighted by atomic mass is 16.2. The molecule has 1 saturated heterocycles. The van der Waals surface area contributed by atoms with Crippen LogP contribution in [-0.4, -0.2) is 53.4 Å². The van der Waals surface area contributed by atoms with Gasteiger partial charge in [-0.2, -0.15) is 0 Å². The fourth-order valence-electron chi connectivity index (χ4n) is 2.87. The summed E-state index contributed by atoms with van der Waals surface area (Å²) in [7, 11) is 0. The molecule has 1 aliphatic heterocycles. The number of aromatic nitrogens is 1. The van der Waals surface area contributed by atoms with E-state index >= 15 is 0 Å². The molecule has 0 aliphatic carbocycles. The van der Waals surface area contributed by atoms with Crippen LogP contribution in [0.5, 0.6) is 0 Å². The smallest absolute Gasteiger partial charge is 0.272 e. The molecule has 3 rings (SSSR count). The molecule has 2 heterocycles. The van der Waals surface area contributed by atoms with Crippen molar-refractivity contribution < 1.29 is 4.79 Å². The van der Waals surface area contributed by atoms with Crippen LogP contribution in [0.2, 0.25) is 0 Å². The average molecular weight is 321 g/mol. The van der Waals surface area contributed by atoms with Crippen LogP contribution in [0.25, 0.3) is 6.08 Å². The summed E-state index contributed by atoms with van der Waals surface area (Å²) in [5, 5.41) is 0. The van der Waals surface area contributed by atoms with Crippen molar-refractivity contribution in [3.8, 4) is 0 Å². The van der Waals surface area contributed by atoms with Crippen molar-refractivity contribution in [3.05, 3.63) is 72.1 Å². The maximum Gasteiger partial charge on any atom is 0.272 e. The van der Waals surface area contributed by atoms with E-state index in [2.05, 4.69) is 46.3 Å². The predicted octanol–water partition coefficient (Wildman–Crippen LogP) is 2.94. The molecule has 1 aromatic heterocycles. The van der Waals surface area contributed by atoms with E-state index in [-0.39, 0.29) is 5.91 Å². The Labute approximate surface area is 143 Å². The first kappa shape index (κ1) is 16.4. The third-order valence-electron chi connectivity index (χ3n) is 4.27. The van der Waals surface area contributed by atoms with Crippen LogP contribution in [0.4, 0.5) is 0 Å². The monoisotopic (exact) mass is 321 g/mol. The molecule has 124 valence electrons. The number of rotatable bonds is 5. The largest absolute Gasteiger partial charge is 0.335 e. The molecule has 24 heavy (non-hydrogen) atoms. The summed E-state index contributed by atoms with van der Waals surface area (Å²) in [5.41, 5.74) is 1.78. The number of carbonyl (C=O) groups excluding carboxylic acids is 1. The SMILES string of the molecule is O=C(c1ccccn1)N1CCN(CC/C=C/c2ccccc2)CC1. The van der Waals surface area contributed by atoms with Gasteiger partial charge in [0.05, 0.1) is 0 Å². The van der Waals surface area contributed by atoms with Gasteiger partial charge >= 0.3 is 0 Å². The summed E-state index contributed by atoms with van der Waals surface area (Å²) >= 11 is 0. The van der Waals surface area contributed by atoms with E-state index in [1.165, 1.54) is 5.56 Å². The van der Waals surface area contributed by atoms with E-state index in [4.69, 9.17) is 0 Å². The maximum atomic E-state index is 12.4. The van der Waals surface area contributed by atoms with Crippen LogP contribution in [0, 0.1) is 0 Å². The highest BCUT2D eigenvalue weighted by Gasteiger charge is 2.22. The minimum absolute atomic E-state index is 0.0409. The first-order valence-electron chi connectivity index (χ1n) is 8.47. The Morgan fingerprint density at radius 1 is 1.00 bits per heavy atom. The lowest BCUT2D eigenvalue weighted by Crippen LogP contribution is -2.48. The quantitative estimate of drug-likeness (QED) is 0.849. The van der Waals surface area contributed by atoms with Crippen molar-refractivity contribution in [2.75, 3.05) is 32.7 Å². The number of carbonyl (C=O) groups is 1. The summed E-state index contributed by atoms with van der Waals surface area (Å²) in [6.45, 7) is 4.44. The minimum Gasteiger partial charge on any atom is -0.335 e. The van der Waals surface area contributed by atoms with Crippen molar-refractivity contribution in [3.63, 3.8) is 0 Å². The number of pyridine rings is 1. The second kappa shape index (κ2) is 8.41. The number of amides is 1. The van der Waals surface area contributed by atoms with E-state index in [1.807, 2.05) is 23.1 Å². The Morgan fingerprint density at radius 3 is 2.46 bits per heavy atom. The van der Waals surface area contributed by atoms with Crippen LogP contribution in [0.1, 0.15) is 22.5 Å². The molecule has 0 radical (unpaired) electrons. The highest BCUT2D eigenvalue weighted by molar-refractivity contribution is 5.92. The number of hydrogen-bond donors (Lipinski definition) is 0. The van der Waals surface area contributed by atoms with Gasteiger partial charge < -0.3 is 4.90 Å². The van der Waals surface area contributed by atoms with Gasteiger partial charge in [-0.05, 0) is 24.1 Å². The standard InChI is InChI=1S/C20H23N3O/c24-20(19-11-4-6-12-21-19)23-16-14-22(15-17-23)13-7-5-10-18-8-2-1-3-9-18/h1-6,8-12H,7,13-17H2/b10-5+. The fourth-order valence-corrected chi connectivity index (χ4v) is 2.87. The van der Waals surface area contributed by atoms with E-state index in [1.54, 1.807) is 12.3 Å². The lowest BCUT2D eigenvalue weighted by Gasteiger charge is -2.34. The molecule has 0 spiro atoms. The molecule has 0 bridgehead atoms. The Morgan fingerprint density at radius 2 is 1.75 bits per heavy atom. The number of nitrogens with zero attached hydrogens (tertiary/aromatic N) is 3. The molecule has 0 unspecified atom stereocenters. The van der Waals surface area contributed by atoms with Crippen LogP contribution in [-0.2, 0) is 0 Å². The lowest BCUT2D eigenvalue weighted by atomic mass is 10.2. The van der Waals surface area contributed by atoms with Crippen molar-refractivity contribution in [2.45, 2.75) is 6.42 Å². The highest BCUT2D eigenvalue weighted by Crippen LogP contribution is 2.08. The van der Waals surface area contributed by atoms with Gasteiger partial charge in [0.2, 0.25) is 0 Å². The van der Waals surface area contributed by atoms with Gasteiger partial charge in [0.15, 0.2) is 0 Å². The summed E-state index contributed by atoms with van der Waals surface area (Å²) < 4.78 is 0. The van der Waals surface area contributed by atoms with Crippen LogP contribution >= 0.6 is 0 Å². The molecule has 0 N–H and O–H groups in total. The Bertz CT molecular complexity index is 662. The van der Waals surface area contributed by atoms with Gasteiger partial charge in [0.1, 0.15) is 5.69 Å². The van der Waals surface area contributed by atoms with E-state index in [9.17, 15) is 4.79 Å². The number of piperazine rings is 1. The topological polar surface area (TPSA) is 36.4 Å². The Balaban J connectivity index is 1.41. The van der Waals surface area contributed by atoms with Crippen LogP contribution in [0.3, 0.4) is 0 Å². The van der Waals surface area contributed by atoms with Gasteiger partial charge in [-0.1, -0.05) is 48.6 Å². The average Bonchev–Trinajstić information content (AvgIpc) is 2.67. The second-order valence-electron chi connectivity index (χ2n) is 5.95. The van der Waals surface area contributed by atoms with Crippen LogP contribution < -0.4 is 0 Å². The molecule has 2 aromatic rings. The molecule has 1 amide bonds. The van der Waals surface area contributed by atoms with Crippen molar-refractivity contribution in [1.29, 1.82) is 0 Å². The number of benzene rings is 1. The first-order valence-corrected chi connectivity index (χ1v) is 8.47. The summed E-state index contributed by atoms with van der Waals surface area (Å²) in [6.07, 6.45) is 7.09. The zero-order valence-corrected chi connectivity index (χ0v) is 13.8. The predicted molar refractivity (Wildman–Crippen MR) is 96.7 cm³/mol. The van der Waals surface area contributed by atoms with Gasteiger partial charge in [-0.3, -0.25) is 14.7 Å². The molecule has 1 fully saturated rings. The van der Waals surface area contributed by atoms with Crippen LogP contribution in [0.15, 0.2) is 60.8 Å². The summed E-state index contributed by atoms with van der Waals surface area (Å²) in [4.78, 5) is 20.8. The number of hydrogen-bond acceptors (Lipinski definition) is 3. The van der Waals surface area contributed by atoms with E-state index in [0.717, 1.165) is 39.1 Å². The molecular weight excluding hydrogens is 298 g/mol. The van der Waals surface area contributed by atoms with Gasteiger partial charge in [-0.15, -0.1) is 0 Å². The third-order valence-corrected chi connectivity index (χ3v) is 4.27. The van der Waals surface area contributed by atoms with Crippen molar-refractivity contribution in [1.82, 2.24) is 14.8 Å². The third kappa shape index (κ3) is 4.52. The van der Waals surface area contributed by atoms with Gasteiger partial charge in [0, 0.05) is 38.9 Å². The molecule has 4 nitrogen and oxygen atoms in total. The van der Waals surface area contributed by atoms with Gasteiger partial charge in [0.25, 0.3) is 5.91 Å². The molecular formula is C20H23N3O. The van der Waals surface area contributed by atoms with Crippen molar-refractivity contribution >= 4 is 12.0 Å². The fraction of sp³-hybridized carbons (Fsp3) is 0.300. The molecule has 0 atom stereocenters. The molecule has 4 heteroatoms.